The molecular weight excluding hydrogens is 307 g/mol. The summed E-state index contributed by atoms with van der Waals surface area (Å²) < 4.78 is 36.3. The van der Waals surface area contributed by atoms with Crippen molar-refractivity contribution in [3.8, 4) is 0 Å². The van der Waals surface area contributed by atoms with E-state index in [0.29, 0.717) is 0 Å². The fraction of sp³-hybridized carbons (Fsp3) is 0.417. The van der Waals surface area contributed by atoms with E-state index in [9.17, 15) is 17.6 Å². The lowest BCUT2D eigenvalue weighted by Gasteiger charge is -2.15. The number of amides is 1. The van der Waals surface area contributed by atoms with Gasteiger partial charge in [-0.15, -0.1) is 0 Å². The van der Waals surface area contributed by atoms with Crippen LogP contribution in [0.25, 0.3) is 0 Å². The Labute approximate surface area is 122 Å². The number of hydrogen-bond acceptors (Lipinski definition) is 4. The Morgan fingerprint density at radius 1 is 1.50 bits per heavy atom. The number of halogens is 2. The number of nitrogens with two attached hydrogens (primary N) is 1. The van der Waals surface area contributed by atoms with Gasteiger partial charge in [0.15, 0.2) is 9.84 Å². The van der Waals surface area contributed by atoms with Crippen molar-refractivity contribution >= 4 is 33.0 Å². The minimum absolute atomic E-state index is 0.0128. The van der Waals surface area contributed by atoms with Gasteiger partial charge in [0.2, 0.25) is 0 Å². The highest BCUT2D eigenvalue weighted by Gasteiger charge is 2.19. The van der Waals surface area contributed by atoms with Gasteiger partial charge in [0.25, 0.3) is 5.91 Å². The summed E-state index contributed by atoms with van der Waals surface area (Å²) in [6.45, 7) is 3.07. The largest absolute Gasteiger partial charge is 0.396 e. The van der Waals surface area contributed by atoms with E-state index in [2.05, 4.69) is 5.32 Å². The van der Waals surface area contributed by atoms with Crippen LogP contribution in [-0.2, 0) is 9.84 Å². The molecule has 5 nitrogen and oxygen atoms in total. The highest BCUT2D eigenvalue weighted by atomic mass is 35.5. The Morgan fingerprint density at radius 2 is 2.10 bits per heavy atom. The molecular formula is C12H16ClFN2O3S. The topological polar surface area (TPSA) is 89.3 Å². The van der Waals surface area contributed by atoms with Gasteiger partial charge in [0.05, 0.1) is 17.0 Å². The van der Waals surface area contributed by atoms with E-state index >= 15 is 0 Å². The number of nitrogen functional groups attached to an aromatic ring is 1. The fourth-order valence-electron chi connectivity index (χ4n) is 1.61. The van der Waals surface area contributed by atoms with Crippen molar-refractivity contribution in [2.24, 2.45) is 0 Å². The normalized spacial score (nSPS) is 13.0. The number of carbonyl (C=O) groups is 1. The van der Waals surface area contributed by atoms with Gasteiger partial charge in [0.1, 0.15) is 5.82 Å². The summed E-state index contributed by atoms with van der Waals surface area (Å²) in [6, 6.07) is 1.61. The molecule has 0 saturated carbocycles. The smallest absolute Gasteiger partial charge is 0.253 e. The van der Waals surface area contributed by atoms with Gasteiger partial charge >= 0.3 is 0 Å². The minimum atomic E-state index is -3.22. The van der Waals surface area contributed by atoms with Gasteiger partial charge in [-0.1, -0.05) is 18.5 Å². The van der Waals surface area contributed by atoms with E-state index in [-0.39, 0.29) is 27.8 Å². The van der Waals surface area contributed by atoms with Crippen molar-refractivity contribution in [2.45, 2.75) is 19.9 Å². The molecule has 1 aromatic rings. The van der Waals surface area contributed by atoms with Gasteiger partial charge in [-0.05, 0) is 19.1 Å². The molecule has 1 aromatic carbocycles. The molecule has 0 heterocycles. The molecule has 0 aliphatic heterocycles. The number of hydrogen-bond donors (Lipinski definition) is 2. The molecule has 0 aliphatic rings. The van der Waals surface area contributed by atoms with Crippen LogP contribution in [0.3, 0.4) is 0 Å². The molecule has 0 radical (unpaired) electrons. The number of sulfone groups is 1. The van der Waals surface area contributed by atoms with Crippen LogP contribution in [0.4, 0.5) is 10.1 Å². The van der Waals surface area contributed by atoms with Crippen LogP contribution >= 0.6 is 11.6 Å². The van der Waals surface area contributed by atoms with Gasteiger partial charge in [-0.25, -0.2) is 12.8 Å². The molecule has 1 amide bonds. The maximum Gasteiger partial charge on any atom is 0.253 e. The lowest BCUT2D eigenvalue weighted by Crippen LogP contribution is -2.38. The summed E-state index contributed by atoms with van der Waals surface area (Å²) >= 11 is 5.66. The predicted octanol–water partition coefficient (Wildman–Crippen LogP) is 1.61. The number of rotatable bonds is 5. The first-order valence-electron chi connectivity index (χ1n) is 5.92. The van der Waals surface area contributed by atoms with Gasteiger partial charge in [-0.2, -0.15) is 0 Å². The van der Waals surface area contributed by atoms with Crippen molar-refractivity contribution in [3.63, 3.8) is 0 Å². The second kappa shape index (κ2) is 6.41. The van der Waals surface area contributed by atoms with Gasteiger partial charge in [0, 0.05) is 16.8 Å². The van der Waals surface area contributed by atoms with Crippen LogP contribution in [0, 0.1) is 5.82 Å². The zero-order valence-corrected chi connectivity index (χ0v) is 12.7. The van der Waals surface area contributed by atoms with E-state index in [1.165, 1.54) is 13.0 Å². The van der Waals surface area contributed by atoms with Crippen molar-refractivity contribution in [2.75, 3.05) is 17.2 Å². The summed E-state index contributed by atoms with van der Waals surface area (Å²) in [4.78, 5) is 11.9. The van der Waals surface area contributed by atoms with Crippen LogP contribution in [0.5, 0.6) is 0 Å². The Hall–Kier alpha value is -1.34. The first kappa shape index (κ1) is 16.7. The number of carbonyl (C=O) groups excluding carboxylic acids is 1. The maximum absolute atomic E-state index is 13.4. The highest BCUT2D eigenvalue weighted by Crippen LogP contribution is 2.22. The lowest BCUT2D eigenvalue weighted by molar-refractivity contribution is 0.0944. The third-order valence-electron chi connectivity index (χ3n) is 2.66. The monoisotopic (exact) mass is 322 g/mol. The molecule has 0 aromatic heterocycles. The molecule has 0 saturated heterocycles. The zero-order chi connectivity index (χ0) is 15.5. The Balaban J connectivity index is 2.87. The lowest BCUT2D eigenvalue weighted by atomic mass is 10.1. The predicted molar refractivity (Wildman–Crippen MR) is 77.1 cm³/mol. The maximum atomic E-state index is 13.4. The van der Waals surface area contributed by atoms with Crippen molar-refractivity contribution in [3.05, 3.63) is 28.5 Å². The Morgan fingerprint density at radius 3 is 2.65 bits per heavy atom. The van der Waals surface area contributed by atoms with Crippen LogP contribution in [-0.4, -0.2) is 31.9 Å². The van der Waals surface area contributed by atoms with E-state index in [1.807, 2.05) is 0 Å². The average Bonchev–Trinajstić information content (AvgIpc) is 2.32. The fourth-order valence-corrected chi connectivity index (χ4v) is 2.90. The highest BCUT2D eigenvalue weighted by molar-refractivity contribution is 7.91. The molecule has 20 heavy (non-hydrogen) atoms. The van der Waals surface area contributed by atoms with Crippen LogP contribution in [0.15, 0.2) is 12.1 Å². The summed E-state index contributed by atoms with van der Waals surface area (Å²) in [5, 5.41) is 2.50. The molecule has 0 aliphatic carbocycles. The molecule has 0 bridgehead atoms. The third-order valence-corrected chi connectivity index (χ3v) is 4.77. The van der Waals surface area contributed by atoms with Crippen molar-refractivity contribution in [1.82, 2.24) is 5.32 Å². The van der Waals surface area contributed by atoms with E-state index in [1.54, 1.807) is 6.92 Å². The second-order valence-corrected chi connectivity index (χ2v) is 7.26. The standard InChI is InChI=1S/C12H16ClFN2O3S/c1-3-20(18,19)6-7(2)16-12(17)9-4-8(13)5-10(14)11(9)15/h4-5,7H,3,6,15H2,1-2H3,(H,16,17). The van der Waals surface area contributed by atoms with Gasteiger partial charge < -0.3 is 11.1 Å². The molecule has 1 unspecified atom stereocenters. The molecule has 8 heteroatoms. The van der Waals surface area contributed by atoms with Crippen molar-refractivity contribution in [1.29, 1.82) is 0 Å². The first-order chi connectivity index (χ1) is 9.16. The molecule has 0 fully saturated rings. The zero-order valence-electron chi connectivity index (χ0n) is 11.1. The average molecular weight is 323 g/mol. The third kappa shape index (κ3) is 4.35. The van der Waals surface area contributed by atoms with Crippen LogP contribution in [0.1, 0.15) is 24.2 Å². The first-order valence-corrected chi connectivity index (χ1v) is 8.12. The van der Waals surface area contributed by atoms with Gasteiger partial charge in [-0.3, -0.25) is 4.79 Å². The summed E-state index contributed by atoms with van der Waals surface area (Å²) in [7, 11) is -3.22. The van der Waals surface area contributed by atoms with E-state index in [0.717, 1.165) is 6.07 Å². The summed E-state index contributed by atoms with van der Waals surface area (Å²) in [5.41, 5.74) is 5.03. The van der Waals surface area contributed by atoms with E-state index in [4.69, 9.17) is 17.3 Å². The van der Waals surface area contributed by atoms with Crippen LogP contribution < -0.4 is 11.1 Å². The molecule has 0 spiro atoms. The molecule has 3 N–H and O–H groups in total. The second-order valence-electron chi connectivity index (χ2n) is 4.42. The SMILES string of the molecule is CCS(=O)(=O)CC(C)NC(=O)c1cc(Cl)cc(F)c1N. The van der Waals surface area contributed by atoms with Crippen molar-refractivity contribution < 1.29 is 17.6 Å². The molecule has 1 atom stereocenters. The number of anilines is 1. The Bertz CT molecular complexity index is 619. The summed E-state index contributed by atoms with van der Waals surface area (Å²) in [5.74, 6) is -1.67. The minimum Gasteiger partial charge on any atom is -0.396 e. The quantitative estimate of drug-likeness (QED) is 0.806. The Kier molecular flexibility index (Phi) is 5.35. The number of nitrogens with one attached hydrogen (secondary N) is 1. The number of benzene rings is 1. The van der Waals surface area contributed by atoms with Crippen LogP contribution in [0.2, 0.25) is 5.02 Å². The molecule has 1 rings (SSSR count). The van der Waals surface area contributed by atoms with E-state index < -0.39 is 27.6 Å². The summed E-state index contributed by atoms with van der Waals surface area (Å²) in [6.07, 6.45) is 0. The molecule has 112 valence electrons.